The van der Waals surface area contributed by atoms with E-state index in [1.165, 1.54) is 32.1 Å². The first-order valence-electron chi connectivity index (χ1n) is 7.84. The van der Waals surface area contributed by atoms with E-state index in [9.17, 15) is 0 Å². The first kappa shape index (κ1) is 14.3. The summed E-state index contributed by atoms with van der Waals surface area (Å²) in [5.41, 5.74) is 6.64. The van der Waals surface area contributed by atoms with Gasteiger partial charge in [0.05, 0.1) is 6.10 Å². The first-order valence-corrected chi connectivity index (χ1v) is 7.84. The van der Waals surface area contributed by atoms with Crippen LogP contribution < -0.4 is 5.73 Å². The van der Waals surface area contributed by atoms with Gasteiger partial charge < -0.3 is 10.5 Å². The number of rotatable bonds is 3. The molecule has 2 nitrogen and oxygen atoms in total. The lowest BCUT2D eigenvalue weighted by atomic mass is 9.70. The van der Waals surface area contributed by atoms with Crippen LogP contribution in [-0.4, -0.2) is 18.8 Å². The van der Waals surface area contributed by atoms with E-state index in [-0.39, 0.29) is 6.04 Å². The Kier molecular flexibility index (Phi) is 4.71. The van der Waals surface area contributed by atoms with Crippen LogP contribution in [0.1, 0.15) is 65.7 Å². The monoisotopic (exact) mass is 253 g/mol. The predicted molar refractivity (Wildman–Crippen MR) is 76.5 cm³/mol. The molecule has 2 heteroatoms. The lowest BCUT2D eigenvalue weighted by Crippen LogP contribution is -2.45. The molecular weight excluding hydrogens is 222 g/mol. The fourth-order valence-corrected chi connectivity index (χ4v) is 3.57. The van der Waals surface area contributed by atoms with Gasteiger partial charge in [-0.2, -0.15) is 0 Å². The summed E-state index contributed by atoms with van der Waals surface area (Å²) in [4.78, 5) is 0. The molecule has 0 radical (unpaired) electrons. The summed E-state index contributed by atoms with van der Waals surface area (Å²) >= 11 is 0. The van der Waals surface area contributed by atoms with E-state index in [0.717, 1.165) is 31.3 Å². The smallest absolute Gasteiger partial charge is 0.0728 e. The van der Waals surface area contributed by atoms with Gasteiger partial charge in [0, 0.05) is 12.6 Å². The standard InChI is InChI=1S/C16H31NO/c1-16(2,3)13-8-9-14(17)15(10-13)18-11-12-6-4-5-7-12/h12-15H,4-11,17H2,1-3H3. The third-order valence-corrected chi connectivity index (χ3v) is 5.09. The Morgan fingerprint density at radius 2 is 1.72 bits per heavy atom. The zero-order chi connectivity index (χ0) is 13.2. The molecule has 2 N–H and O–H groups in total. The minimum atomic E-state index is 0.269. The van der Waals surface area contributed by atoms with E-state index in [1.807, 2.05) is 0 Å². The van der Waals surface area contributed by atoms with Crippen molar-refractivity contribution in [2.75, 3.05) is 6.61 Å². The van der Waals surface area contributed by atoms with Crippen molar-refractivity contribution in [3.05, 3.63) is 0 Å². The Labute approximate surface area is 113 Å². The van der Waals surface area contributed by atoms with Crippen LogP contribution in [0.5, 0.6) is 0 Å². The largest absolute Gasteiger partial charge is 0.376 e. The summed E-state index contributed by atoms with van der Waals surface area (Å²) in [6.45, 7) is 8.00. The fraction of sp³-hybridized carbons (Fsp3) is 1.00. The molecule has 0 bridgehead atoms. The van der Waals surface area contributed by atoms with Gasteiger partial charge in [-0.15, -0.1) is 0 Å². The van der Waals surface area contributed by atoms with Gasteiger partial charge in [-0.1, -0.05) is 33.6 Å². The van der Waals surface area contributed by atoms with Crippen LogP contribution in [0.3, 0.4) is 0 Å². The zero-order valence-electron chi connectivity index (χ0n) is 12.5. The Hall–Kier alpha value is -0.0800. The lowest BCUT2D eigenvalue weighted by Gasteiger charge is -2.40. The fourth-order valence-electron chi connectivity index (χ4n) is 3.57. The molecule has 2 rings (SSSR count). The second-order valence-electron chi connectivity index (χ2n) is 7.56. The molecule has 18 heavy (non-hydrogen) atoms. The van der Waals surface area contributed by atoms with Gasteiger partial charge in [-0.05, 0) is 49.4 Å². The van der Waals surface area contributed by atoms with E-state index >= 15 is 0 Å². The highest BCUT2D eigenvalue weighted by Crippen LogP contribution is 2.38. The number of hydrogen-bond acceptors (Lipinski definition) is 2. The lowest BCUT2D eigenvalue weighted by molar-refractivity contribution is -0.0318. The molecule has 0 aromatic heterocycles. The minimum absolute atomic E-state index is 0.269. The van der Waals surface area contributed by atoms with Crippen LogP contribution in [0, 0.1) is 17.3 Å². The van der Waals surface area contributed by atoms with Crippen molar-refractivity contribution < 1.29 is 4.74 Å². The van der Waals surface area contributed by atoms with Crippen molar-refractivity contribution in [3.63, 3.8) is 0 Å². The molecule has 106 valence electrons. The number of ether oxygens (including phenoxy) is 1. The van der Waals surface area contributed by atoms with Crippen molar-refractivity contribution >= 4 is 0 Å². The molecule has 2 saturated carbocycles. The highest BCUT2D eigenvalue weighted by atomic mass is 16.5. The molecule has 3 atom stereocenters. The van der Waals surface area contributed by atoms with Gasteiger partial charge in [0.15, 0.2) is 0 Å². The van der Waals surface area contributed by atoms with Gasteiger partial charge in [0.2, 0.25) is 0 Å². The van der Waals surface area contributed by atoms with E-state index in [2.05, 4.69) is 20.8 Å². The molecule has 3 unspecified atom stereocenters. The molecule has 2 aliphatic carbocycles. The van der Waals surface area contributed by atoms with Gasteiger partial charge in [0.25, 0.3) is 0 Å². The molecule has 0 amide bonds. The topological polar surface area (TPSA) is 35.2 Å². The van der Waals surface area contributed by atoms with Gasteiger partial charge in [-0.3, -0.25) is 0 Å². The molecular formula is C16H31NO. The summed E-state index contributed by atoms with van der Waals surface area (Å²) in [7, 11) is 0. The maximum atomic E-state index is 6.24. The first-order chi connectivity index (χ1) is 8.47. The van der Waals surface area contributed by atoms with Crippen molar-refractivity contribution in [3.8, 4) is 0 Å². The van der Waals surface area contributed by atoms with Crippen molar-refractivity contribution in [1.29, 1.82) is 0 Å². The van der Waals surface area contributed by atoms with Gasteiger partial charge in [-0.25, -0.2) is 0 Å². The summed E-state index contributed by atoms with van der Waals surface area (Å²) in [6.07, 6.45) is 9.41. The van der Waals surface area contributed by atoms with Crippen LogP contribution in [0.15, 0.2) is 0 Å². The molecule has 2 fully saturated rings. The highest BCUT2D eigenvalue weighted by Gasteiger charge is 2.35. The maximum Gasteiger partial charge on any atom is 0.0728 e. The second kappa shape index (κ2) is 5.92. The molecule has 2 aliphatic rings. The molecule has 0 aromatic carbocycles. The van der Waals surface area contributed by atoms with Gasteiger partial charge >= 0.3 is 0 Å². The van der Waals surface area contributed by atoms with Crippen LogP contribution >= 0.6 is 0 Å². The Morgan fingerprint density at radius 1 is 1.06 bits per heavy atom. The zero-order valence-corrected chi connectivity index (χ0v) is 12.5. The summed E-state index contributed by atoms with van der Waals surface area (Å²) < 4.78 is 6.18. The Morgan fingerprint density at radius 3 is 2.33 bits per heavy atom. The predicted octanol–water partition coefficient (Wildman–Crippen LogP) is 3.74. The van der Waals surface area contributed by atoms with Crippen molar-refractivity contribution in [2.24, 2.45) is 23.0 Å². The third kappa shape index (κ3) is 3.71. The molecule has 0 saturated heterocycles. The Bertz CT molecular complexity index is 252. The van der Waals surface area contributed by atoms with Crippen LogP contribution in [0.25, 0.3) is 0 Å². The number of nitrogens with two attached hydrogens (primary N) is 1. The average molecular weight is 253 g/mol. The third-order valence-electron chi connectivity index (χ3n) is 5.09. The average Bonchev–Trinajstić information content (AvgIpc) is 2.79. The Balaban J connectivity index is 1.81. The maximum absolute atomic E-state index is 6.24. The van der Waals surface area contributed by atoms with E-state index < -0.39 is 0 Å². The summed E-state index contributed by atoms with van der Waals surface area (Å²) in [5.74, 6) is 1.58. The van der Waals surface area contributed by atoms with Crippen LogP contribution in [0.4, 0.5) is 0 Å². The SMILES string of the molecule is CC(C)(C)C1CCC(N)C(OCC2CCCC2)C1. The molecule has 0 aromatic rings. The molecule has 0 aliphatic heterocycles. The van der Waals surface area contributed by atoms with Crippen molar-refractivity contribution in [1.82, 2.24) is 0 Å². The van der Waals surface area contributed by atoms with E-state index in [0.29, 0.717) is 11.5 Å². The molecule has 0 heterocycles. The van der Waals surface area contributed by atoms with Crippen LogP contribution in [0.2, 0.25) is 0 Å². The second-order valence-corrected chi connectivity index (χ2v) is 7.56. The molecule has 0 spiro atoms. The quantitative estimate of drug-likeness (QED) is 0.831. The minimum Gasteiger partial charge on any atom is -0.376 e. The normalized spacial score (nSPS) is 35.0. The van der Waals surface area contributed by atoms with Crippen molar-refractivity contribution in [2.45, 2.75) is 77.9 Å². The van der Waals surface area contributed by atoms with E-state index in [1.54, 1.807) is 0 Å². The summed E-state index contributed by atoms with van der Waals surface area (Å²) in [6, 6.07) is 0.269. The highest BCUT2D eigenvalue weighted by molar-refractivity contribution is 4.88. The van der Waals surface area contributed by atoms with Crippen LogP contribution in [-0.2, 0) is 4.74 Å². The summed E-state index contributed by atoms with van der Waals surface area (Å²) in [5, 5.41) is 0. The number of hydrogen-bond donors (Lipinski definition) is 1. The van der Waals surface area contributed by atoms with Gasteiger partial charge in [0.1, 0.15) is 0 Å². The van der Waals surface area contributed by atoms with E-state index in [4.69, 9.17) is 10.5 Å².